The molecular weight excluding hydrogens is 336 g/mol. The van der Waals surface area contributed by atoms with Gasteiger partial charge in [0.2, 0.25) is 9.76 Å². The highest BCUT2D eigenvalue weighted by molar-refractivity contribution is 6.32. The van der Waals surface area contributed by atoms with Crippen molar-refractivity contribution in [3.8, 4) is 0 Å². The van der Waals surface area contributed by atoms with Gasteiger partial charge in [-0.3, -0.25) is 0 Å². The number of anilines is 1. The second-order valence-corrected chi connectivity index (χ2v) is 9.25. The first-order chi connectivity index (χ1) is 12.4. The number of nitrogens with two attached hydrogens (primary N) is 1. The van der Waals surface area contributed by atoms with Gasteiger partial charge in [-0.25, -0.2) is 4.98 Å². The van der Waals surface area contributed by atoms with Gasteiger partial charge in [-0.2, -0.15) is 0 Å². The van der Waals surface area contributed by atoms with Gasteiger partial charge in [0.15, 0.2) is 0 Å². The lowest BCUT2D eigenvalue weighted by molar-refractivity contribution is 0.156. The van der Waals surface area contributed by atoms with E-state index in [4.69, 9.17) is 10.2 Å². The molecule has 4 heteroatoms. The SMILES string of the molecule is CC(C)(C)[Si]OC(c1ccccc1)(c1ccccc1)c1ccc(N)nc1. The van der Waals surface area contributed by atoms with E-state index in [0.29, 0.717) is 15.6 Å². The molecule has 0 amide bonds. The van der Waals surface area contributed by atoms with Crippen molar-refractivity contribution in [3.05, 3.63) is 95.7 Å². The minimum atomic E-state index is -0.727. The van der Waals surface area contributed by atoms with Gasteiger partial charge in [0.25, 0.3) is 0 Å². The maximum Gasteiger partial charge on any atom is 0.237 e. The molecule has 3 rings (SSSR count). The Bertz CT molecular complexity index is 788. The molecule has 1 aromatic heterocycles. The number of aromatic nitrogens is 1. The molecule has 0 unspecified atom stereocenters. The Morgan fingerprint density at radius 1 is 0.769 bits per heavy atom. The Morgan fingerprint density at radius 3 is 1.73 bits per heavy atom. The van der Waals surface area contributed by atoms with Crippen LogP contribution in [0, 0.1) is 0 Å². The number of rotatable bonds is 5. The normalized spacial score (nSPS) is 12.1. The molecule has 0 atom stereocenters. The summed E-state index contributed by atoms with van der Waals surface area (Å²) in [5, 5.41) is 0.0516. The second-order valence-electron chi connectivity index (χ2n) is 7.34. The third-order valence-electron chi connectivity index (χ3n) is 4.06. The van der Waals surface area contributed by atoms with E-state index >= 15 is 0 Å². The number of nitrogens with zero attached hydrogens (tertiary/aromatic N) is 1. The van der Waals surface area contributed by atoms with Crippen LogP contribution in [0.5, 0.6) is 0 Å². The molecule has 26 heavy (non-hydrogen) atoms. The van der Waals surface area contributed by atoms with Crippen molar-refractivity contribution in [3.63, 3.8) is 0 Å². The largest absolute Gasteiger partial charge is 0.400 e. The van der Waals surface area contributed by atoms with Gasteiger partial charge in [-0.1, -0.05) is 87.5 Å². The lowest BCUT2D eigenvalue weighted by Gasteiger charge is -2.37. The van der Waals surface area contributed by atoms with E-state index in [1.54, 1.807) is 0 Å². The van der Waals surface area contributed by atoms with Crippen LogP contribution in [0.1, 0.15) is 37.5 Å². The third kappa shape index (κ3) is 3.87. The summed E-state index contributed by atoms with van der Waals surface area (Å²) in [6, 6.07) is 24.5. The molecule has 0 saturated carbocycles. The molecule has 2 radical (unpaired) electrons. The molecule has 2 aromatic carbocycles. The molecule has 2 N–H and O–H groups in total. The van der Waals surface area contributed by atoms with E-state index in [0.717, 1.165) is 16.7 Å². The predicted molar refractivity (Wildman–Crippen MR) is 108 cm³/mol. The summed E-state index contributed by atoms with van der Waals surface area (Å²) in [5.74, 6) is 0.502. The standard InChI is InChI=1S/C22H24N2OSi/c1-21(2,3)26-25-22(17-10-6-4-7-11-17,18-12-8-5-9-13-18)19-14-15-20(23)24-16-19/h4-16H,1-3H3,(H2,23,24). The van der Waals surface area contributed by atoms with Crippen LogP contribution >= 0.6 is 0 Å². The fourth-order valence-electron chi connectivity index (χ4n) is 2.87. The summed E-state index contributed by atoms with van der Waals surface area (Å²) >= 11 is 0. The van der Waals surface area contributed by atoms with Crippen LogP contribution in [0.15, 0.2) is 79.0 Å². The fraction of sp³-hybridized carbons (Fsp3) is 0.227. The first kappa shape index (κ1) is 18.4. The number of hydrogen-bond acceptors (Lipinski definition) is 3. The number of benzene rings is 2. The highest BCUT2D eigenvalue weighted by Gasteiger charge is 2.39. The molecule has 0 aliphatic rings. The lowest BCUT2D eigenvalue weighted by Crippen LogP contribution is -2.36. The average molecular weight is 361 g/mol. The summed E-state index contributed by atoms with van der Waals surface area (Å²) in [7, 11) is 0.308. The van der Waals surface area contributed by atoms with Gasteiger partial charge < -0.3 is 10.2 Å². The molecule has 0 spiro atoms. The van der Waals surface area contributed by atoms with Crippen LogP contribution in [-0.4, -0.2) is 14.7 Å². The monoisotopic (exact) mass is 360 g/mol. The molecule has 0 aliphatic heterocycles. The predicted octanol–water partition coefficient (Wildman–Crippen LogP) is 4.81. The van der Waals surface area contributed by atoms with Crippen LogP contribution in [0.4, 0.5) is 5.82 Å². The van der Waals surface area contributed by atoms with Crippen molar-refractivity contribution in [1.82, 2.24) is 4.98 Å². The topological polar surface area (TPSA) is 48.1 Å². The molecule has 3 aromatic rings. The van der Waals surface area contributed by atoms with Crippen LogP contribution in [0.25, 0.3) is 0 Å². The number of pyridine rings is 1. The molecule has 0 saturated heterocycles. The molecular formula is C22H24N2OSi. The quantitative estimate of drug-likeness (QED) is 0.664. The molecule has 1 heterocycles. The Hall–Kier alpha value is -2.43. The Balaban J connectivity index is 2.25. The zero-order chi connectivity index (χ0) is 18.6. The molecule has 0 fully saturated rings. The number of hydrogen-bond donors (Lipinski definition) is 1. The van der Waals surface area contributed by atoms with Crippen molar-refractivity contribution in [2.75, 3.05) is 5.73 Å². The first-order valence-corrected chi connectivity index (χ1v) is 9.61. The van der Waals surface area contributed by atoms with Gasteiger partial charge in [-0.15, -0.1) is 0 Å². The zero-order valence-electron chi connectivity index (χ0n) is 15.4. The van der Waals surface area contributed by atoms with E-state index in [9.17, 15) is 0 Å². The zero-order valence-corrected chi connectivity index (χ0v) is 16.4. The highest BCUT2D eigenvalue weighted by Crippen LogP contribution is 2.41. The minimum absolute atomic E-state index is 0.0516. The van der Waals surface area contributed by atoms with Crippen molar-refractivity contribution < 1.29 is 4.43 Å². The Kier molecular flexibility index (Phi) is 5.25. The molecule has 0 aliphatic carbocycles. The first-order valence-electron chi connectivity index (χ1n) is 8.70. The average Bonchev–Trinajstić information content (AvgIpc) is 2.64. The van der Waals surface area contributed by atoms with Crippen molar-refractivity contribution in [2.45, 2.75) is 31.4 Å². The van der Waals surface area contributed by atoms with Gasteiger partial charge in [0.1, 0.15) is 11.4 Å². The van der Waals surface area contributed by atoms with Crippen molar-refractivity contribution in [2.24, 2.45) is 0 Å². The second kappa shape index (κ2) is 7.44. The van der Waals surface area contributed by atoms with E-state index < -0.39 is 5.60 Å². The van der Waals surface area contributed by atoms with Gasteiger partial charge >= 0.3 is 0 Å². The lowest BCUT2D eigenvalue weighted by atomic mass is 9.81. The van der Waals surface area contributed by atoms with Crippen LogP contribution in [0.3, 0.4) is 0 Å². The van der Waals surface area contributed by atoms with Gasteiger partial charge in [-0.05, 0) is 22.2 Å². The van der Waals surface area contributed by atoms with Gasteiger partial charge in [0.05, 0.1) is 0 Å². The van der Waals surface area contributed by atoms with E-state index in [1.807, 2.05) is 54.7 Å². The summed E-state index contributed by atoms with van der Waals surface area (Å²) in [6.45, 7) is 6.56. The Labute approximate surface area is 158 Å². The smallest absolute Gasteiger partial charge is 0.237 e. The summed E-state index contributed by atoms with van der Waals surface area (Å²) in [4.78, 5) is 4.34. The van der Waals surface area contributed by atoms with Crippen LogP contribution in [0.2, 0.25) is 5.04 Å². The van der Waals surface area contributed by atoms with Crippen LogP contribution in [-0.2, 0) is 10.0 Å². The highest BCUT2D eigenvalue weighted by atomic mass is 28.2. The summed E-state index contributed by atoms with van der Waals surface area (Å²) in [6.07, 6.45) is 1.82. The Morgan fingerprint density at radius 2 is 1.31 bits per heavy atom. The minimum Gasteiger partial charge on any atom is -0.400 e. The maximum atomic E-state index is 6.74. The van der Waals surface area contributed by atoms with E-state index in [1.165, 1.54) is 0 Å². The molecule has 3 nitrogen and oxygen atoms in total. The van der Waals surface area contributed by atoms with Crippen molar-refractivity contribution in [1.29, 1.82) is 0 Å². The third-order valence-corrected chi connectivity index (χ3v) is 5.08. The van der Waals surface area contributed by atoms with Gasteiger partial charge in [0, 0.05) is 11.8 Å². The van der Waals surface area contributed by atoms with E-state index in [-0.39, 0.29) is 5.04 Å². The van der Waals surface area contributed by atoms with E-state index in [2.05, 4.69) is 50.0 Å². The molecule has 132 valence electrons. The van der Waals surface area contributed by atoms with Crippen LogP contribution < -0.4 is 5.73 Å². The number of nitrogen functional groups attached to an aromatic ring is 1. The fourth-order valence-corrected chi connectivity index (χ4v) is 3.68. The summed E-state index contributed by atoms with van der Waals surface area (Å²) in [5.41, 5.74) is 8.24. The molecule has 0 bridgehead atoms. The summed E-state index contributed by atoms with van der Waals surface area (Å²) < 4.78 is 6.74. The van der Waals surface area contributed by atoms with Crippen molar-refractivity contribution >= 4 is 15.6 Å². The maximum absolute atomic E-state index is 6.74.